The Hall–Kier alpha value is -2.00. The fourth-order valence-corrected chi connectivity index (χ4v) is 1.92. The number of nitrogens with zero attached hydrogens (tertiary/aromatic N) is 1. The van der Waals surface area contributed by atoms with Crippen molar-refractivity contribution in [1.29, 1.82) is 0 Å². The molecule has 0 unspecified atom stereocenters. The van der Waals surface area contributed by atoms with Gasteiger partial charge in [0.05, 0.1) is 17.8 Å². The van der Waals surface area contributed by atoms with Gasteiger partial charge in [0.2, 0.25) is 0 Å². The minimum atomic E-state index is -1.11. The van der Waals surface area contributed by atoms with Gasteiger partial charge >= 0.3 is 12.0 Å². The molecule has 5 nitrogen and oxygen atoms in total. The summed E-state index contributed by atoms with van der Waals surface area (Å²) in [5.41, 5.74) is 0.231. The number of urea groups is 1. The van der Waals surface area contributed by atoms with Crippen LogP contribution in [0.25, 0.3) is 0 Å². The number of carboxylic acid groups (broad SMARTS) is 1. The number of carboxylic acids is 1. The molecule has 19 heavy (non-hydrogen) atoms. The van der Waals surface area contributed by atoms with Gasteiger partial charge in [-0.2, -0.15) is 0 Å². The number of rotatable bonds is 4. The number of hydrogen-bond acceptors (Lipinski definition) is 2. The van der Waals surface area contributed by atoms with Crippen molar-refractivity contribution in [2.45, 2.75) is 6.92 Å². The first-order valence-corrected chi connectivity index (χ1v) is 6.31. The number of benzene rings is 1. The maximum Gasteiger partial charge on any atom is 0.337 e. The number of amides is 2. The standard InChI is InChI=1S/C13H13BrN2O3/c1-3-8-16(4-2)13(19)15-11-9(12(17)18)6-5-7-10(11)14/h1,5-7H,4,8H2,2H3,(H,15,19)(H,17,18). The van der Waals surface area contributed by atoms with Gasteiger partial charge in [-0.15, -0.1) is 6.42 Å². The van der Waals surface area contributed by atoms with E-state index in [2.05, 4.69) is 27.2 Å². The highest BCUT2D eigenvalue weighted by Crippen LogP contribution is 2.26. The monoisotopic (exact) mass is 324 g/mol. The third-order valence-corrected chi connectivity index (χ3v) is 3.09. The van der Waals surface area contributed by atoms with Crippen LogP contribution in [0.2, 0.25) is 0 Å². The van der Waals surface area contributed by atoms with Crippen molar-refractivity contribution < 1.29 is 14.7 Å². The lowest BCUT2D eigenvalue weighted by Crippen LogP contribution is -2.35. The molecule has 0 aliphatic heterocycles. The molecule has 0 aromatic heterocycles. The Morgan fingerprint density at radius 2 is 2.21 bits per heavy atom. The van der Waals surface area contributed by atoms with Gasteiger partial charge in [-0.3, -0.25) is 0 Å². The van der Waals surface area contributed by atoms with E-state index in [1.807, 2.05) is 0 Å². The van der Waals surface area contributed by atoms with Crippen molar-refractivity contribution in [2.75, 3.05) is 18.4 Å². The summed E-state index contributed by atoms with van der Waals surface area (Å²) < 4.78 is 0.498. The summed E-state index contributed by atoms with van der Waals surface area (Å²) >= 11 is 3.22. The third-order valence-electron chi connectivity index (χ3n) is 2.43. The second kappa shape index (κ2) is 6.81. The van der Waals surface area contributed by atoms with Gasteiger partial charge in [0.1, 0.15) is 0 Å². The molecule has 2 amide bonds. The van der Waals surface area contributed by atoms with E-state index < -0.39 is 12.0 Å². The Balaban J connectivity index is 3.02. The zero-order valence-corrected chi connectivity index (χ0v) is 11.9. The molecule has 2 N–H and O–H groups in total. The van der Waals surface area contributed by atoms with Gasteiger partial charge in [0.15, 0.2) is 0 Å². The molecule has 1 aromatic rings. The number of terminal acetylenes is 1. The fourth-order valence-electron chi connectivity index (χ4n) is 1.45. The minimum absolute atomic E-state index is 0.0134. The highest BCUT2D eigenvalue weighted by atomic mass is 79.9. The van der Waals surface area contributed by atoms with Crippen LogP contribution in [0.4, 0.5) is 10.5 Å². The van der Waals surface area contributed by atoms with Gasteiger partial charge in [0.25, 0.3) is 0 Å². The first kappa shape index (κ1) is 15.1. The van der Waals surface area contributed by atoms with Crippen LogP contribution in [0.15, 0.2) is 22.7 Å². The van der Waals surface area contributed by atoms with E-state index in [4.69, 9.17) is 11.5 Å². The molecule has 100 valence electrons. The van der Waals surface area contributed by atoms with E-state index in [1.54, 1.807) is 19.1 Å². The number of halogens is 1. The molecule has 0 heterocycles. The van der Waals surface area contributed by atoms with E-state index >= 15 is 0 Å². The summed E-state index contributed by atoms with van der Waals surface area (Å²) in [6, 6.07) is 4.22. The average Bonchev–Trinajstić information content (AvgIpc) is 2.37. The molecule has 0 fully saturated rings. The highest BCUT2D eigenvalue weighted by Gasteiger charge is 2.17. The van der Waals surface area contributed by atoms with Crippen LogP contribution in [-0.4, -0.2) is 35.1 Å². The van der Waals surface area contributed by atoms with Crippen LogP contribution in [0.3, 0.4) is 0 Å². The largest absolute Gasteiger partial charge is 0.478 e. The molecule has 0 saturated heterocycles. The summed E-state index contributed by atoms with van der Waals surface area (Å²) in [4.78, 5) is 24.5. The number of carbonyl (C=O) groups is 2. The van der Waals surface area contributed by atoms with Crippen molar-refractivity contribution in [3.8, 4) is 12.3 Å². The number of carbonyl (C=O) groups excluding carboxylic acids is 1. The topological polar surface area (TPSA) is 69.6 Å². The van der Waals surface area contributed by atoms with Gasteiger partial charge < -0.3 is 15.3 Å². The lowest BCUT2D eigenvalue weighted by Gasteiger charge is -2.20. The number of para-hydroxylation sites is 1. The summed E-state index contributed by atoms with van der Waals surface area (Å²) in [6.45, 7) is 2.38. The predicted molar refractivity (Wildman–Crippen MR) is 76.2 cm³/mol. The number of hydrogen-bond donors (Lipinski definition) is 2. The fraction of sp³-hybridized carbons (Fsp3) is 0.231. The normalized spacial score (nSPS) is 9.53. The molecule has 0 aliphatic carbocycles. The summed E-state index contributed by atoms with van der Waals surface area (Å²) in [6.07, 6.45) is 5.17. The summed E-state index contributed by atoms with van der Waals surface area (Å²) in [5.74, 6) is 1.26. The Bertz CT molecular complexity index is 537. The Morgan fingerprint density at radius 3 is 2.74 bits per heavy atom. The predicted octanol–water partition coefficient (Wildman–Crippen LogP) is 2.63. The van der Waals surface area contributed by atoms with Crippen molar-refractivity contribution in [3.63, 3.8) is 0 Å². The van der Waals surface area contributed by atoms with E-state index in [0.717, 1.165) is 0 Å². The van der Waals surface area contributed by atoms with Crippen LogP contribution in [0.5, 0.6) is 0 Å². The number of anilines is 1. The highest BCUT2D eigenvalue weighted by molar-refractivity contribution is 9.10. The Kier molecular flexibility index (Phi) is 5.39. The lowest BCUT2D eigenvalue weighted by molar-refractivity contribution is 0.0698. The average molecular weight is 325 g/mol. The van der Waals surface area contributed by atoms with Gasteiger partial charge in [-0.05, 0) is 35.0 Å². The number of aromatic carboxylic acids is 1. The van der Waals surface area contributed by atoms with Gasteiger partial charge in [-0.1, -0.05) is 12.0 Å². The van der Waals surface area contributed by atoms with Crippen molar-refractivity contribution in [3.05, 3.63) is 28.2 Å². The van der Waals surface area contributed by atoms with Crippen molar-refractivity contribution in [2.24, 2.45) is 0 Å². The maximum atomic E-state index is 12.0. The van der Waals surface area contributed by atoms with Gasteiger partial charge in [-0.25, -0.2) is 9.59 Å². The molecule has 0 bridgehead atoms. The second-order valence-corrected chi connectivity index (χ2v) is 4.47. The van der Waals surface area contributed by atoms with E-state index in [-0.39, 0.29) is 17.8 Å². The first-order valence-electron chi connectivity index (χ1n) is 5.52. The first-order chi connectivity index (χ1) is 9.01. The summed E-state index contributed by atoms with van der Waals surface area (Å²) in [5, 5.41) is 11.6. The van der Waals surface area contributed by atoms with Crippen molar-refractivity contribution >= 4 is 33.6 Å². The van der Waals surface area contributed by atoms with E-state index in [1.165, 1.54) is 11.0 Å². The molecule has 1 rings (SSSR count). The molecular weight excluding hydrogens is 312 g/mol. The Labute approximate surface area is 119 Å². The maximum absolute atomic E-state index is 12.0. The molecule has 0 aliphatic rings. The minimum Gasteiger partial charge on any atom is -0.478 e. The molecule has 1 aromatic carbocycles. The van der Waals surface area contributed by atoms with Crippen LogP contribution >= 0.6 is 15.9 Å². The molecule has 6 heteroatoms. The zero-order valence-electron chi connectivity index (χ0n) is 10.3. The van der Waals surface area contributed by atoms with Crippen molar-refractivity contribution in [1.82, 2.24) is 4.90 Å². The second-order valence-electron chi connectivity index (χ2n) is 3.62. The van der Waals surface area contributed by atoms with Crippen LogP contribution in [-0.2, 0) is 0 Å². The summed E-state index contributed by atoms with van der Waals surface area (Å²) in [7, 11) is 0. The SMILES string of the molecule is C#CCN(CC)C(=O)Nc1c(Br)cccc1C(=O)O. The zero-order chi connectivity index (χ0) is 14.4. The Morgan fingerprint density at radius 1 is 1.53 bits per heavy atom. The molecule has 0 radical (unpaired) electrons. The van der Waals surface area contributed by atoms with E-state index in [9.17, 15) is 9.59 Å². The molecular formula is C13H13BrN2O3. The number of nitrogens with one attached hydrogen (secondary N) is 1. The molecule has 0 spiro atoms. The smallest absolute Gasteiger partial charge is 0.337 e. The third kappa shape index (κ3) is 3.73. The van der Waals surface area contributed by atoms with E-state index in [0.29, 0.717) is 11.0 Å². The lowest BCUT2D eigenvalue weighted by atomic mass is 10.2. The van der Waals surface area contributed by atoms with Crippen LogP contribution in [0.1, 0.15) is 17.3 Å². The van der Waals surface area contributed by atoms with Crippen LogP contribution in [0, 0.1) is 12.3 Å². The molecule has 0 saturated carbocycles. The van der Waals surface area contributed by atoms with Gasteiger partial charge in [0, 0.05) is 11.0 Å². The quantitative estimate of drug-likeness (QED) is 0.836. The molecule has 0 atom stereocenters. The van der Waals surface area contributed by atoms with Crippen LogP contribution < -0.4 is 5.32 Å².